The van der Waals surface area contributed by atoms with Gasteiger partial charge < -0.3 is 10.0 Å². The molecule has 2 aromatic rings. The summed E-state index contributed by atoms with van der Waals surface area (Å²) >= 11 is 0. The maximum atomic E-state index is 9.08. The molecule has 0 radical (unpaired) electrons. The van der Waals surface area contributed by atoms with E-state index in [0.717, 1.165) is 57.2 Å². The van der Waals surface area contributed by atoms with Crippen LogP contribution >= 0.6 is 0 Å². The maximum Gasteiger partial charge on any atom is 0.157 e. The lowest BCUT2D eigenvalue weighted by molar-refractivity contribution is 0.0746. The number of piperazine rings is 1. The summed E-state index contributed by atoms with van der Waals surface area (Å²) in [4.78, 5) is 12.0. The van der Waals surface area contributed by atoms with Crippen LogP contribution in [0.15, 0.2) is 18.3 Å². The zero-order valence-corrected chi connectivity index (χ0v) is 15.0. The summed E-state index contributed by atoms with van der Waals surface area (Å²) in [5.74, 6) is 1.17. The van der Waals surface area contributed by atoms with Crippen molar-refractivity contribution in [1.82, 2.24) is 24.4 Å². The minimum atomic E-state index is 0.269. The van der Waals surface area contributed by atoms with Crippen molar-refractivity contribution in [3.8, 4) is 0 Å². The topological polar surface area (TPSA) is 60.1 Å². The first-order valence-corrected chi connectivity index (χ1v) is 9.38. The van der Waals surface area contributed by atoms with Gasteiger partial charge in [0.05, 0.1) is 12.8 Å². The van der Waals surface area contributed by atoms with E-state index < -0.39 is 0 Å². The summed E-state index contributed by atoms with van der Waals surface area (Å²) in [5.41, 5.74) is 1.97. The van der Waals surface area contributed by atoms with Crippen molar-refractivity contribution in [2.75, 3.05) is 57.3 Å². The Morgan fingerprint density at radius 2 is 1.88 bits per heavy atom. The SMILES string of the molecule is Cc1cc(N2CCC(N3CCN(CCO)CC3)CC2)n2nccc2n1. The second-order valence-electron chi connectivity index (χ2n) is 7.18. The first-order valence-electron chi connectivity index (χ1n) is 9.38. The zero-order chi connectivity index (χ0) is 17.2. The highest BCUT2D eigenvalue weighted by Crippen LogP contribution is 2.24. The van der Waals surface area contributed by atoms with Gasteiger partial charge in [0.25, 0.3) is 0 Å². The van der Waals surface area contributed by atoms with Crippen LogP contribution in [0.1, 0.15) is 18.5 Å². The number of hydrogen-bond donors (Lipinski definition) is 1. The highest BCUT2D eigenvalue weighted by molar-refractivity contribution is 5.50. The highest BCUT2D eigenvalue weighted by Gasteiger charge is 2.28. The molecule has 0 amide bonds. The van der Waals surface area contributed by atoms with Gasteiger partial charge in [-0.3, -0.25) is 9.80 Å². The normalized spacial score (nSPS) is 21.3. The number of aliphatic hydroxyl groups excluding tert-OH is 1. The molecule has 0 aliphatic carbocycles. The van der Waals surface area contributed by atoms with Crippen molar-refractivity contribution >= 4 is 11.5 Å². The molecule has 4 rings (SSSR count). The zero-order valence-electron chi connectivity index (χ0n) is 15.0. The quantitative estimate of drug-likeness (QED) is 0.877. The lowest BCUT2D eigenvalue weighted by Gasteiger charge is -2.43. The molecule has 2 aliphatic rings. The Hall–Kier alpha value is -1.70. The van der Waals surface area contributed by atoms with Crippen LogP contribution in [0.4, 0.5) is 5.82 Å². The van der Waals surface area contributed by atoms with Crippen LogP contribution in [0.25, 0.3) is 5.65 Å². The fraction of sp³-hybridized carbons (Fsp3) is 0.667. The predicted octanol–water partition coefficient (Wildman–Crippen LogP) is 0.616. The van der Waals surface area contributed by atoms with Crippen LogP contribution in [0.3, 0.4) is 0 Å². The average molecular weight is 344 g/mol. The Morgan fingerprint density at radius 3 is 2.60 bits per heavy atom. The number of aryl methyl sites for hydroxylation is 1. The molecular formula is C18H28N6O. The fourth-order valence-corrected chi connectivity index (χ4v) is 4.20. The molecule has 25 heavy (non-hydrogen) atoms. The van der Waals surface area contributed by atoms with E-state index in [1.165, 1.54) is 18.7 Å². The monoisotopic (exact) mass is 344 g/mol. The number of anilines is 1. The number of rotatable bonds is 4. The third-order valence-corrected chi connectivity index (χ3v) is 5.60. The molecule has 0 unspecified atom stereocenters. The smallest absolute Gasteiger partial charge is 0.157 e. The minimum Gasteiger partial charge on any atom is -0.395 e. The standard InChI is InChI=1S/C18H28N6O/c1-15-14-18(24-17(20-15)2-5-19-24)23-6-3-16(4-7-23)22-10-8-21(9-11-22)12-13-25/h2,5,14,16,25H,3-4,6-13H2,1H3. The number of aromatic nitrogens is 3. The molecule has 2 aromatic heterocycles. The van der Waals surface area contributed by atoms with E-state index in [2.05, 4.69) is 37.8 Å². The van der Waals surface area contributed by atoms with Gasteiger partial charge in [0, 0.05) is 69.7 Å². The molecule has 2 saturated heterocycles. The lowest BCUT2D eigenvalue weighted by atomic mass is 10.0. The summed E-state index contributed by atoms with van der Waals surface area (Å²) in [5, 5.41) is 13.5. The van der Waals surface area contributed by atoms with Crippen molar-refractivity contribution in [2.45, 2.75) is 25.8 Å². The number of β-amino-alcohol motifs (C(OH)–C–C–N with tert-alkyl or cyclic N) is 1. The Kier molecular flexibility index (Phi) is 4.87. The molecule has 4 heterocycles. The van der Waals surface area contributed by atoms with Gasteiger partial charge in [-0.2, -0.15) is 9.61 Å². The van der Waals surface area contributed by atoms with E-state index in [9.17, 15) is 0 Å². The van der Waals surface area contributed by atoms with Crippen LogP contribution in [0.2, 0.25) is 0 Å². The minimum absolute atomic E-state index is 0.269. The Bertz CT molecular complexity index is 701. The number of nitrogens with zero attached hydrogens (tertiary/aromatic N) is 6. The van der Waals surface area contributed by atoms with Crippen molar-refractivity contribution in [3.63, 3.8) is 0 Å². The Labute approximate surface area is 148 Å². The largest absolute Gasteiger partial charge is 0.395 e. The van der Waals surface area contributed by atoms with E-state index in [-0.39, 0.29) is 6.61 Å². The number of hydrogen-bond acceptors (Lipinski definition) is 6. The fourth-order valence-electron chi connectivity index (χ4n) is 4.20. The molecule has 7 nitrogen and oxygen atoms in total. The number of aliphatic hydroxyl groups is 1. The summed E-state index contributed by atoms with van der Waals surface area (Å²) in [6.07, 6.45) is 4.22. The first-order chi connectivity index (χ1) is 12.2. The van der Waals surface area contributed by atoms with Gasteiger partial charge in [-0.1, -0.05) is 0 Å². The molecule has 0 aromatic carbocycles. The van der Waals surface area contributed by atoms with Crippen LogP contribution in [-0.2, 0) is 0 Å². The molecule has 136 valence electrons. The first kappa shape index (κ1) is 16.8. The van der Waals surface area contributed by atoms with Crippen molar-refractivity contribution in [2.24, 2.45) is 0 Å². The summed E-state index contributed by atoms with van der Waals surface area (Å²) < 4.78 is 1.96. The van der Waals surface area contributed by atoms with E-state index in [1.54, 1.807) is 0 Å². The molecule has 0 spiro atoms. The van der Waals surface area contributed by atoms with Crippen LogP contribution in [0.5, 0.6) is 0 Å². The van der Waals surface area contributed by atoms with E-state index in [0.29, 0.717) is 6.04 Å². The van der Waals surface area contributed by atoms with Gasteiger partial charge in [-0.05, 0) is 19.8 Å². The van der Waals surface area contributed by atoms with E-state index in [4.69, 9.17) is 5.11 Å². The van der Waals surface area contributed by atoms with Crippen LogP contribution in [-0.4, -0.2) is 88.0 Å². The number of fused-ring (bicyclic) bond motifs is 1. The van der Waals surface area contributed by atoms with Gasteiger partial charge in [0.15, 0.2) is 5.65 Å². The molecule has 2 aliphatic heterocycles. The molecule has 2 fully saturated rings. The van der Waals surface area contributed by atoms with Crippen molar-refractivity contribution < 1.29 is 5.11 Å². The second kappa shape index (κ2) is 7.27. The second-order valence-corrected chi connectivity index (χ2v) is 7.18. The molecule has 7 heteroatoms. The Balaban J connectivity index is 1.38. The van der Waals surface area contributed by atoms with E-state index in [1.807, 2.05) is 16.8 Å². The van der Waals surface area contributed by atoms with Gasteiger partial charge in [0.2, 0.25) is 0 Å². The maximum absolute atomic E-state index is 9.08. The third kappa shape index (κ3) is 3.49. The van der Waals surface area contributed by atoms with Gasteiger partial charge in [-0.15, -0.1) is 0 Å². The van der Waals surface area contributed by atoms with Gasteiger partial charge in [0.1, 0.15) is 5.82 Å². The van der Waals surface area contributed by atoms with Crippen molar-refractivity contribution in [3.05, 3.63) is 24.0 Å². The Morgan fingerprint density at radius 1 is 1.12 bits per heavy atom. The molecule has 0 atom stereocenters. The molecule has 0 saturated carbocycles. The summed E-state index contributed by atoms with van der Waals surface area (Å²) in [6.45, 7) is 9.69. The average Bonchev–Trinajstić information content (AvgIpc) is 3.10. The lowest BCUT2D eigenvalue weighted by Crippen LogP contribution is -2.53. The third-order valence-electron chi connectivity index (χ3n) is 5.60. The summed E-state index contributed by atoms with van der Waals surface area (Å²) in [6, 6.07) is 4.80. The van der Waals surface area contributed by atoms with E-state index >= 15 is 0 Å². The molecular weight excluding hydrogens is 316 g/mol. The van der Waals surface area contributed by atoms with Gasteiger partial charge >= 0.3 is 0 Å². The van der Waals surface area contributed by atoms with Crippen molar-refractivity contribution in [1.29, 1.82) is 0 Å². The molecule has 0 bridgehead atoms. The highest BCUT2D eigenvalue weighted by atomic mass is 16.3. The molecule has 1 N–H and O–H groups in total. The van der Waals surface area contributed by atoms with Crippen LogP contribution in [0, 0.1) is 6.92 Å². The van der Waals surface area contributed by atoms with Crippen LogP contribution < -0.4 is 4.90 Å². The summed E-state index contributed by atoms with van der Waals surface area (Å²) in [7, 11) is 0. The predicted molar refractivity (Wildman–Crippen MR) is 98.1 cm³/mol. The van der Waals surface area contributed by atoms with Gasteiger partial charge in [-0.25, -0.2) is 4.98 Å². The number of piperidine rings is 1.